The lowest BCUT2D eigenvalue weighted by Gasteiger charge is -2.64. The number of likely N-dealkylation sites (tertiary alicyclic amines) is 1. The van der Waals surface area contributed by atoms with E-state index in [-0.39, 0.29) is 40.9 Å². The molecule has 1 spiro atoms. The molecule has 2 N–H and O–H groups in total. The summed E-state index contributed by atoms with van der Waals surface area (Å²) < 4.78 is 13.4. The number of thioether (sulfide) groups is 1. The van der Waals surface area contributed by atoms with Gasteiger partial charge in [-0.3, -0.25) is 20.3 Å². The summed E-state index contributed by atoms with van der Waals surface area (Å²) >= 11 is 2.13. The Hall–Kier alpha value is -1.97. The van der Waals surface area contributed by atoms with E-state index in [4.69, 9.17) is 9.47 Å². The number of rotatable bonds is 8. The number of hydrogen-bond donors (Lipinski definition) is 2. The molecule has 1 aromatic rings. The maximum absolute atomic E-state index is 12.9. The molecule has 10 heteroatoms. The molecule has 6 aliphatic rings. The van der Waals surface area contributed by atoms with Crippen molar-refractivity contribution in [2.24, 2.45) is 11.8 Å². The van der Waals surface area contributed by atoms with Crippen molar-refractivity contribution in [1.82, 2.24) is 25.3 Å². The summed E-state index contributed by atoms with van der Waals surface area (Å²) in [6.07, 6.45) is 14.9. The highest BCUT2D eigenvalue weighted by Crippen LogP contribution is 2.61. The number of hydrogen-bond acceptors (Lipinski definition) is 9. The van der Waals surface area contributed by atoms with Gasteiger partial charge in [-0.25, -0.2) is 0 Å². The molecule has 0 bridgehead atoms. The first kappa shape index (κ1) is 35.4. The number of fused-ring (bicyclic) bond motifs is 2. The van der Waals surface area contributed by atoms with E-state index in [1.54, 1.807) is 0 Å². The van der Waals surface area contributed by atoms with E-state index < -0.39 is 0 Å². The number of nitrogens with zero attached hydrogens (tertiary/aromatic N) is 4. The topological polar surface area (TPSA) is 93.1 Å². The highest BCUT2D eigenvalue weighted by Gasteiger charge is 2.62. The second-order valence-corrected chi connectivity index (χ2v) is 17.1. The summed E-state index contributed by atoms with van der Waals surface area (Å²) in [7, 11) is 4.14. The Labute approximate surface area is 298 Å². The van der Waals surface area contributed by atoms with Crippen LogP contribution in [0.2, 0.25) is 0 Å². The van der Waals surface area contributed by atoms with Gasteiger partial charge in [0.15, 0.2) is 6.35 Å². The number of carbonyl (C=O) groups excluding carboxylic acids is 1. The summed E-state index contributed by atoms with van der Waals surface area (Å²) in [6.45, 7) is 7.63. The van der Waals surface area contributed by atoms with E-state index in [0.29, 0.717) is 44.0 Å². The normalized spacial score (nSPS) is 37.6. The average molecular weight is 691 g/mol. The number of ether oxygens (including phenoxy) is 2. The van der Waals surface area contributed by atoms with Crippen LogP contribution in [0.1, 0.15) is 94.3 Å². The number of likely N-dealkylation sites (N-methyl/N-ethyl adjacent to an activating group) is 1. The van der Waals surface area contributed by atoms with Crippen LogP contribution in [-0.4, -0.2) is 102 Å². The van der Waals surface area contributed by atoms with E-state index in [9.17, 15) is 10.1 Å². The molecule has 5 fully saturated rings. The molecule has 4 heterocycles. The molecule has 1 amide bonds. The van der Waals surface area contributed by atoms with E-state index in [0.717, 1.165) is 38.1 Å². The lowest BCUT2D eigenvalue weighted by atomic mass is 9.57. The molecule has 0 radical (unpaired) electrons. The van der Waals surface area contributed by atoms with Crippen molar-refractivity contribution in [3.05, 3.63) is 48.0 Å². The summed E-state index contributed by atoms with van der Waals surface area (Å²) in [4.78, 5) is 19.8. The average Bonchev–Trinajstić information content (AvgIpc) is 3.34. The summed E-state index contributed by atoms with van der Waals surface area (Å²) in [5, 5.41) is 18.1. The highest BCUT2D eigenvalue weighted by molar-refractivity contribution is 8.00. The number of nitrogens with one attached hydrogen (secondary N) is 2. The smallest absolute Gasteiger partial charge is 0.246 e. The van der Waals surface area contributed by atoms with Gasteiger partial charge in [0.05, 0.1) is 37.4 Å². The van der Waals surface area contributed by atoms with Gasteiger partial charge >= 0.3 is 0 Å². The number of benzene rings is 1. The zero-order chi connectivity index (χ0) is 34.0. The fraction of sp³-hybridized carbons (Fsp3) is 0.744. The van der Waals surface area contributed by atoms with Crippen molar-refractivity contribution in [3.63, 3.8) is 0 Å². The fourth-order valence-corrected chi connectivity index (χ4v) is 12.4. The van der Waals surface area contributed by atoms with E-state index in [2.05, 4.69) is 76.2 Å². The van der Waals surface area contributed by atoms with Crippen LogP contribution in [0.5, 0.6) is 0 Å². The molecule has 268 valence electrons. The first-order chi connectivity index (χ1) is 23.9. The van der Waals surface area contributed by atoms with Crippen molar-refractivity contribution in [2.75, 3.05) is 46.9 Å². The van der Waals surface area contributed by atoms with Crippen LogP contribution in [0.3, 0.4) is 0 Å². The number of nitriles is 1. The standard InChI is InChI=1S/C39H58N6O3S/c1-4-34(46)45-23-22-44(24-30(45)18-20-40)36-33-17-19-38(35(47-3)32-16-10-9-12-28(32)26-49-38)27-39(33,29-13-7-5-6-8-14-29)42-37(41-36)48-25-31-15-11-21-43(31)2/h4,9-10,12,16,29-31,33,35-37,41-42H,1,5-8,11,13-15,17-19,21-27H2,2-3H3/t30?,31?,33?,35?,36?,37?,38-,39?/m1/s1. The molecule has 1 aromatic carbocycles. The van der Waals surface area contributed by atoms with Crippen molar-refractivity contribution in [1.29, 1.82) is 5.26 Å². The summed E-state index contributed by atoms with van der Waals surface area (Å²) in [6, 6.07) is 11.6. The molecule has 8 atom stereocenters. The van der Waals surface area contributed by atoms with Crippen molar-refractivity contribution >= 4 is 17.7 Å². The second kappa shape index (κ2) is 15.3. The van der Waals surface area contributed by atoms with Gasteiger partial charge in [-0.2, -0.15) is 5.26 Å². The summed E-state index contributed by atoms with van der Waals surface area (Å²) in [5.41, 5.74) is 2.63. The van der Waals surface area contributed by atoms with Gasteiger partial charge in [0.2, 0.25) is 5.91 Å². The Bertz CT molecular complexity index is 1370. The zero-order valence-corrected chi connectivity index (χ0v) is 30.6. The Morgan fingerprint density at radius 2 is 1.92 bits per heavy atom. The molecule has 7 unspecified atom stereocenters. The van der Waals surface area contributed by atoms with Gasteiger partial charge in [0.1, 0.15) is 0 Å². The Kier molecular flexibility index (Phi) is 11.1. The Balaban J connectivity index is 1.26. The molecule has 2 aliphatic carbocycles. The van der Waals surface area contributed by atoms with Gasteiger partial charge < -0.3 is 19.3 Å². The first-order valence-corrected chi connectivity index (χ1v) is 20.0. The lowest BCUT2D eigenvalue weighted by molar-refractivity contribution is -0.158. The number of carbonyl (C=O) groups is 1. The van der Waals surface area contributed by atoms with Crippen LogP contribution in [0.25, 0.3) is 0 Å². The maximum Gasteiger partial charge on any atom is 0.246 e. The minimum atomic E-state index is -0.280. The monoisotopic (exact) mass is 690 g/mol. The molecule has 3 saturated heterocycles. The lowest BCUT2D eigenvalue weighted by Crippen LogP contribution is -2.79. The van der Waals surface area contributed by atoms with Crippen LogP contribution in [0.15, 0.2) is 36.9 Å². The van der Waals surface area contributed by atoms with Gasteiger partial charge in [-0.1, -0.05) is 56.5 Å². The number of methoxy groups -OCH3 is 1. The van der Waals surface area contributed by atoms with Gasteiger partial charge in [-0.15, -0.1) is 11.8 Å². The van der Waals surface area contributed by atoms with Crippen LogP contribution in [0.4, 0.5) is 0 Å². The zero-order valence-electron chi connectivity index (χ0n) is 29.8. The van der Waals surface area contributed by atoms with E-state index in [1.807, 2.05) is 12.0 Å². The number of piperazine rings is 1. The molecule has 4 aliphatic heterocycles. The van der Waals surface area contributed by atoms with Crippen LogP contribution in [0, 0.1) is 23.2 Å². The predicted molar refractivity (Wildman–Crippen MR) is 194 cm³/mol. The van der Waals surface area contributed by atoms with Gasteiger partial charge in [0.25, 0.3) is 0 Å². The third kappa shape index (κ3) is 6.86. The quantitative estimate of drug-likeness (QED) is 0.275. The molecule has 2 saturated carbocycles. The Morgan fingerprint density at radius 1 is 1.10 bits per heavy atom. The molecular formula is C39H58N6O3S. The van der Waals surface area contributed by atoms with Gasteiger partial charge in [0, 0.05) is 54.7 Å². The molecule has 0 aromatic heterocycles. The highest BCUT2D eigenvalue weighted by atomic mass is 32.2. The van der Waals surface area contributed by atoms with Crippen molar-refractivity contribution in [3.8, 4) is 6.07 Å². The molecule has 7 rings (SSSR count). The first-order valence-electron chi connectivity index (χ1n) is 19.1. The largest absolute Gasteiger partial charge is 0.375 e. The number of amides is 1. The van der Waals surface area contributed by atoms with Crippen LogP contribution in [-0.2, 0) is 20.0 Å². The molecule has 9 nitrogen and oxygen atoms in total. The van der Waals surface area contributed by atoms with E-state index >= 15 is 0 Å². The summed E-state index contributed by atoms with van der Waals surface area (Å²) in [5.74, 6) is 1.84. The van der Waals surface area contributed by atoms with Crippen LogP contribution < -0.4 is 10.6 Å². The van der Waals surface area contributed by atoms with Crippen molar-refractivity contribution < 1.29 is 14.3 Å². The fourth-order valence-electron chi connectivity index (χ4n) is 10.7. The Morgan fingerprint density at radius 3 is 2.65 bits per heavy atom. The van der Waals surface area contributed by atoms with Crippen LogP contribution >= 0.6 is 11.8 Å². The predicted octanol–water partition coefficient (Wildman–Crippen LogP) is 5.39. The minimum absolute atomic E-state index is 0.0323. The van der Waals surface area contributed by atoms with Crippen molar-refractivity contribution in [2.45, 2.75) is 124 Å². The third-order valence-corrected chi connectivity index (χ3v) is 14.8. The maximum atomic E-state index is 12.9. The molecular weight excluding hydrogens is 633 g/mol. The van der Waals surface area contributed by atoms with E-state index in [1.165, 1.54) is 68.6 Å². The SMILES string of the molecule is C=CC(=O)N1CCN(C2NC(OCC3CCCN3C)NC3(C4CCCCCC4)C[C@@]4(CCC23)SCc2ccccc2C4OC)CC1CC#N. The second-order valence-electron chi connectivity index (χ2n) is 15.7. The third-order valence-electron chi connectivity index (χ3n) is 13.2. The molecule has 49 heavy (non-hydrogen) atoms. The van der Waals surface area contributed by atoms with Gasteiger partial charge in [-0.05, 0) is 81.7 Å². The minimum Gasteiger partial charge on any atom is -0.375 e.